The zero-order chi connectivity index (χ0) is 19.5. The number of ether oxygens (including phenoxy) is 1. The Labute approximate surface area is 150 Å². The quantitative estimate of drug-likeness (QED) is 0.771. The summed E-state index contributed by atoms with van der Waals surface area (Å²) in [6, 6.07) is 6.75. The van der Waals surface area contributed by atoms with Gasteiger partial charge in [-0.25, -0.2) is 0 Å². The van der Waals surface area contributed by atoms with Crippen LogP contribution in [0.15, 0.2) is 24.3 Å². The number of nitrogens with zero attached hydrogens (tertiary/aromatic N) is 2. The molecule has 2 rings (SSSR count). The van der Waals surface area contributed by atoms with Crippen molar-refractivity contribution in [1.29, 1.82) is 0 Å². The summed E-state index contributed by atoms with van der Waals surface area (Å²) in [5, 5.41) is 0. The van der Waals surface area contributed by atoms with E-state index in [1.54, 1.807) is 38.1 Å². The van der Waals surface area contributed by atoms with Gasteiger partial charge in [-0.05, 0) is 30.2 Å². The number of methoxy groups -OCH3 is 1. The summed E-state index contributed by atoms with van der Waals surface area (Å²) in [6.45, 7) is 2.29. The summed E-state index contributed by atoms with van der Waals surface area (Å²) < 4.78 is 43.5. The fraction of sp³-hybridized carbons (Fsp3) is 0.556. The van der Waals surface area contributed by atoms with Crippen molar-refractivity contribution in [1.82, 2.24) is 4.90 Å². The number of halogens is 3. The number of amides is 2. The molecule has 1 fully saturated rings. The number of carbonyl (C=O) groups excluding carboxylic acids is 2. The van der Waals surface area contributed by atoms with Gasteiger partial charge in [-0.15, -0.1) is 0 Å². The van der Waals surface area contributed by atoms with Crippen LogP contribution in [0.3, 0.4) is 0 Å². The molecule has 0 bridgehead atoms. The molecule has 2 amide bonds. The summed E-state index contributed by atoms with van der Waals surface area (Å²) >= 11 is 0. The first-order valence-electron chi connectivity index (χ1n) is 8.40. The maximum Gasteiger partial charge on any atom is 0.406 e. The second kappa shape index (κ2) is 7.97. The summed E-state index contributed by atoms with van der Waals surface area (Å²) in [5.74, 6) is -1.14. The molecule has 1 aliphatic heterocycles. The van der Waals surface area contributed by atoms with Crippen molar-refractivity contribution in [2.24, 2.45) is 11.8 Å². The third kappa shape index (κ3) is 5.12. The number of hydrogen-bond acceptors (Lipinski definition) is 3. The van der Waals surface area contributed by atoms with Gasteiger partial charge in [-0.1, -0.05) is 13.8 Å². The molecular weight excluding hydrogens is 349 g/mol. The average molecular weight is 372 g/mol. The molecular formula is C18H23F3N2O3. The van der Waals surface area contributed by atoms with Gasteiger partial charge in [0.25, 0.3) is 0 Å². The second-order valence-corrected chi connectivity index (χ2v) is 6.83. The first-order valence-corrected chi connectivity index (χ1v) is 8.40. The van der Waals surface area contributed by atoms with Gasteiger partial charge in [-0.2, -0.15) is 13.2 Å². The number of alkyl halides is 3. The Hall–Kier alpha value is -2.25. The Morgan fingerprint density at radius 3 is 2.42 bits per heavy atom. The molecule has 1 unspecified atom stereocenters. The summed E-state index contributed by atoms with van der Waals surface area (Å²) in [7, 11) is 1.52. The van der Waals surface area contributed by atoms with E-state index in [-0.39, 0.29) is 31.3 Å². The van der Waals surface area contributed by atoms with Crippen LogP contribution in [0.5, 0.6) is 5.75 Å². The van der Waals surface area contributed by atoms with Crippen molar-refractivity contribution >= 4 is 17.5 Å². The van der Waals surface area contributed by atoms with E-state index in [1.807, 2.05) is 0 Å². The summed E-state index contributed by atoms with van der Waals surface area (Å²) in [4.78, 5) is 27.1. The van der Waals surface area contributed by atoms with E-state index in [2.05, 4.69) is 0 Å². The molecule has 0 spiro atoms. The maximum atomic E-state index is 12.8. The van der Waals surface area contributed by atoms with Crippen molar-refractivity contribution in [3.05, 3.63) is 24.3 Å². The topological polar surface area (TPSA) is 49.9 Å². The van der Waals surface area contributed by atoms with Gasteiger partial charge in [-0.3, -0.25) is 9.59 Å². The highest BCUT2D eigenvalue weighted by atomic mass is 19.4. The van der Waals surface area contributed by atoms with E-state index < -0.39 is 24.5 Å². The molecule has 1 aromatic rings. The highest BCUT2D eigenvalue weighted by Gasteiger charge is 2.40. The Kier molecular flexibility index (Phi) is 6.15. The van der Waals surface area contributed by atoms with E-state index in [9.17, 15) is 22.8 Å². The molecule has 0 aromatic heterocycles. The van der Waals surface area contributed by atoms with Crippen LogP contribution in [-0.4, -0.2) is 49.6 Å². The minimum absolute atomic E-state index is 0.00553. The number of rotatable bonds is 6. The largest absolute Gasteiger partial charge is 0.497 e. The van der Waals surface area contributed by atoms with Crippen molar-refractivity contribution in [2.45, 2.75) is 26.4 Å². The van der Waals surface area contributed by atoms with Gasteiger partial charge in [0, 0.05) is 25.2 Å². The van der Waals surface area contributed by atoms with Gasteiger partial charge in [0.15, 0.2) is 0 Å². The molecule has 1 aliphatic rings. The lowest BCUT2D eigenvalue weighted by Gasteiger charge is -2.28. The standard InChI is InChI=1S/C18H23F3N2O3/c1-12(2)9-22(11-18(19,20)21)17(25)13-8-16(24)23(10-13)14-4-6-15(26-3)7-5-14/h4-7,12-13H,8-11H2,1-3H3. The highest BCUT2D eigenvalue weighted by Crippen LogP contribution is 2.29. The van der Waals surface area contributed by atoms with E-state index in [0.717, 1.165) is 4.90 Å². The summed E-state index contributed by atoms with van der Waals surface area (Å²) in [5.41, 5.74) is 0.595. The molecule has 1 heterocycles. The molecule has 0 N–H and O–H groups in total. The van der Waals surface area contributed by atoms with Gasteiger partial charge >= 0.3 is 6.18 Å². The maximum absolute atomic E-state index is 12.8. The monoisotopic (exact) mass is 372 g/mol. The smallest absolute Gasteiger partial charge is 0.406 e. The van der Waals surface area contributed by atoms with Crippen LogP contribution < -0.4 is 9.64 Å². The first-order chi connectivity index (χ1) is 12.1. The van der Waals surface area contributed by atoms with Gasteiger partial charge in [0.1, 0.15) is 12.3 Å². The highest BCUT2D eigenvalue weighted by molar-refractivity contribution is 6.00. The van der Waals surface area contributed by atoms with Crippen molar-refractivity contribution in [3.8, 4) is 5.75 Å². The van der Waals surface area contributed by atoms with Crippen LogP contribution in [0.25, 0.3) is 0 Å². The molecule has 1 aromatic carbocycles. The number of benzene rings is 1. The molecule has 0 aliphatic carbocycles. The predicted molar refractivity (Wildman–Crippen MR) is 90.9 cm³/mol. The van der Waals surface area contributed by atoms with Crippen LogP contribution in [0.1, 0.15) is 20.3 Å². The molecule has 0 saturated carbocycles. The lowest BCUT2D eigenvalue weighted by atomic mass is 10.1. The van der Waals surface area contributed by atoms with Crippen LogP contribution in [0, 0.1) is 11.8 Å². The number of hydrogen-bond donors (Lipinski definition) is 0. The van der Waals surface area contributed by atoms with E-state index >= 15 is 0 Å². The molecule has 0 radical (unpaired) electrons. The van der Waals surface area contributed by atoms with Crippen LogP contribution in [0.4, 0.5) is 18.9 Å². The minimum Gasteiger partial charge on any atom is -0.497 e. The van der Waals surface area contributed by atoms with Crippen molar-refractivity contribution in [2.75, 3.05) is 31.6 Å². The molecule has 144 valence electrons. The molecule has 5 nitrogen and oxygen atoms in total. The molecule has 1 atom stereocenters. The Morgan fingerprint density at radius 2 is 1.92 bits per heavy atom. The van der Waals surface area contributed by atoms with Crippen molar-refractivity contribution in [3.63, 3.8) is 0 Å². The zero-order valence-electron chi connectivity index (χ0n) is 15.0. The van der Waals surface area contributed by atoms with Crippen LogP contribution in [-0.2, 0) is 9.59 Å². The van der Waals surface area contributed by atoms with E-state index in [4.69, 9.17) is 4.74 Å². The SMILES string of the molecule is COc1ccc(N2CC(C(=O)N(CC(C)C)CC(F)(F)F)CC2=O)cc1. The summed E-state index contributed by atoms with van der Waals surface area (Å²) in [6.07, 6.45) is -4.56. The third-order valence-corrected chi connectivity index (χ3v) is 4.13. The van der Waals surface area contributed by atoms with Crippen LogP contribution >= 0.6 is 0 Å². The normalized spacial score (nSPS) is 17.7. The molecule has 26 heavy (non-hydrogen) atoms. The average Bonchev–Trinajstić information content (AvgIpc) is 2.93. The second-order valence-electron chi connectivity index (χ2n) is 6.83. The first kappa shape index (κ1) is 20.1. The minimum atomic E-state index is -4.47. The lowest BCUT2D eigenvalue weighted by molar-refractivity contribution is -0.164. The molecule has 1 saturated heterocycles. The van der Waals surface area contributed by atoms with Crippen molar-refractivity contribution < 1.29 is 27.5 Å². The Bertz CT molecular complexity index is 644. The lowest BCUT2D eigenvalue weighted by Crippen LogP contribution is -2.44. The Balaban J connectivity index is 2.12. The Morgan fingerprint density at radius 1 is 1.31 bits per heavy atom. The van der Waals surface area contributed by atoms with Gasteiger partial charge < -0.3 is 14.5 Å². The van der Waals surface area contributed by atoms with Gasteiger partial charge in [0.2, 0.25) is 11.8 Å². The predicted octanol–water partition coefficient (Wildman–Crippen LogP) is 3.10. The van der Waals surface area contributed by atoms with Gasteiger partial charge in [0.05, 0.1) is 13.0 Å². The third-order valence-electron chi connectivity index (χ3n) is 4.13. The fourth-order valence-electron chi connectivity index (χ4n) is 3.03. The number of carbonyl (C=O) groups is 2. The number of anilines is 1. The van der Waals surface area contributed by atoms with E-state index in [0.29, 0.717) is 11.4 Å². The molecule has 8 heteroatoms. The fourth-order valence-corrected chi connectivity index (χ4v) is 3.03. The van der Waals surface area contributed by atoms with Crippen LogP contribution in [0.2, 0.25) is 0 Å². The zero-order valence-corrected chi connectivity index (χ0v) is 15.0. The van der Waals surface area contributed by atoms with E-state index in [1.165, 1.54) is 12.0 Å².